The number of rotatable bonds is 7. The van der Waals surface area contributed by atoms with Gasteiger partial charge in [0, 0.05) is 25.8 Å². The molecule has 1 N–H and O–H groups in total. The number of nitrogens with one attached hydrogen (secondary N) is 1. The van der Waals surface area contributed by atoms with Gasteiger partial charge in [0.05, 0.1) is 16.8 Å². The van der Waals surface area contributed by atoms with Gasteiger partial charge in [-0.1, -0.05) is 12.8 Å². The summed E-state index contributed by atoms with van der Waals surface area (Å²) in [4.78, 5) is 28.5. The van der Waals surface area contributed by atoms with Crippen molar-refractivity contribution < 1.29 is 14.3 Å². The smallest absolute Gasteiger partial charge is 0.271 e. The standard InChI is InChI=1S/C21H29N3O3S/c1-3-27-11-6-10-24-19(25)17-13-18-16(9-12-28-18)23(17)14-21(24,2)20(26)22-15-7-4-5-8-15/h9,12-13,15H,3-8,10-11,14H2,1-2H3,(H,22,26)/t21-/m0/s1. The Bertz CT molecular complexity index is 867. The number of amides is 2. The maximum atomic E-state index is 13.4. The van der Waals surface area contributed by atoms with Crippen LogP contribution >= 0.6 is 11.3 Å². The summed E-state index contributed by atoms with van der Waals surface area (Å²) in [5.41, 5.74) is 0.832. The Hall–Kier alpha value is -1.86. The molecule has 7 heteroatoms. The normalized spacial score (nSPS) is 22.8. The average molecular weight is 404 g/mol. The fraction of sp³-hybridized carbons (Fsp3) is 0.619. The van der Waals surface area contributed by atoms with Crippen molar-refractivity contribution in [2.75, 3.05) is 19.8 Å². The lowest BCUT2D eigenvalue weighted by molar-refractivity contribution is -0.133. The van der Waals surface area contributed by atoms with Crippen LogP contribution < -0.4 is 5.32 Å². The molecule has 1 fully saturated rings. The highest BCUT2D eigenvalue weighted by Crippen LogP contribution is 2.34. The van der Waals surface area contributed by atoms with Crippen molar-refractivity contribution in [2.45, 2.75) is 64.1 Å². The minimum atomic E-state index is -0.896. The summed E-state index contributed by atoms with van der Waals surface area (Å²) < 4.78 is 8.58. The fourth-order valence-corrected chi connectivity index (χ4v) is 5.33. The molecule has 1 aliphatic carbocycles. The van der Waals surface area contributed by atoms with Gasteiger partial charge in [-0.3, -0.25) is 9.59 Å². The number of carbonyl (C=O) groups is 2. The molecule has 0 bridgehead atoms. The molecule has 0 saturated heterocycles. The number of hydrogen-bond acceptors (Lipinski definition) is 4. The molecule has 1 saturated carbocycles. The van der Waals surface area contributed by atoms with Gasteiger partial charge in [0.15, 0.2) is 0 Å². The summed E-state index contributed by atoms with van der Waals surface area (Å²) in [6.45, 7) is 6.14. The van der Waals surface area contributed by atoms with Gasteiger partial charge in [-0.2, -0.15) is 0 Å². The maximum absolute atomic E-state index is 13.4. The molecule has 2 aromatic rings. The number of carbonyl (C=O) groups excluding carboxylic acids is 2. The molecule has 1 atom stereocenters. The van der Waals surface area contributed by atoms with Crippen LogP contribution in [0.5, 0.6) is 0 Å². The van der Waals surface area contributed by atoms with E-state index in [1.807, 2.05) is 35.9 Å². The summed E-state index contributed by atoms with van der Waals surface area (Å²) in [5.74, 6) is -0.0953. The number of ether oxygens (including phenoxy) is 1. The fourth-order valence-electron chi connectivity index (χ4n) is 4.50. The number of fused-ring (bicyclic) bond motifs is 3. The highest BCUT2D eigenvalue weighted by molar-refractivity contribution is 7.17. The molecule has 1 aliphatic heterocycles. The van der Waals surface area contributed by atoms with Gasteiger partial charge < -0.3 is 19.5 Å². The monoisotopic (exact) mass is 403 g/mol. The SMILES string of the molecule is CCOCCCN1C(=O)c2cc3sccc3n2C[C@@]1(C)C(=O)NC1CCCC1. The molecule has 0 spiro atoms. The molecule has 2 aromatic heterocycles. The van der Waals surface area contributed by atoms with E-state index in [9.17, 15) is 9.59 Å². The first-order chi connectivity index (χ1) is 13.5. The lowest BCUT2D eigenvalue weighted by Crippen LogP contribution is -2.65. The minimum Gasteiger partial charge on any atom is -0.382 e. The third-order valence-corrected chi connectivity index (χ3v) is 6.96. The van der Waals surface area contributed by atoms with Crippen molar-refractivity contribution in [3.05, 3.63) is 23.2 Å². The quantitative estimate of drug-likeness (QED) is 0.721. The zero-order valence-electron chi connectivity index (χ0n) is 16.7. The van der Waals surface area contributed by atoms with Crippen LogP contribution in [0.25, 0.3) is 10.2 Å². The second kappa shape index (κ2) is 7.87. The topological polar surface area (TPSA) is 63.6 Å². The van der Waals surface area contributed by atoms with Gasteiger partial charge in [-0.25, -0.2) is 0 Å². The van der Waals surface area contributed by atoms with E-state index in [1.54, 1.807) is 16.2 Å². The molecule has 0 unspecified atom stereocenters. The molecule has 28 heavy (non-hydrogen) atoms. The molecule has 0 aromatic carbocycles. The van der Waals surface area contributed by atoms with Crippen LogP contribution in [0.4, 0.5) is 0 Å². The molecule has 2 aliphatic rings. The van der Waals surface area contributed by atoms with Crippen LogP contribution in [0, 0.1) is 0 Å². The second-order valence-corrected chi connectivity index (χ2v) is 8.97. The van der Waals surface area contributed by atoms with Crippen molar-refractivity contribution >= 4 is 33.4 Å². The second-order valence-electron chi connectivity index (χ2n) is 8.02. The van der Waals surface area contributed by atoms with Crippen molar-refractivity contribution in [1.82, 2.24) is 14.8 Å². The highest BCUT2D eigenvalue weighted by Gasteiger charge is 2.48. The molecule has 2 amide bonds. The lowest BCUT2D eigenvalue weighted by atomic mass is 9.94. The van der Waals surface area contributed by atoms with E-state index >= 15 is 0 Å². The molecule has 0 radical (unpaired) electrons. The third-order valence-electron chi connectivity index (χ3n) is 6.10. The Labute approximate surface area is 169 Å². The summed E-state index contributed by atoms with van der Waals surface area (Å²) >= 11 is 1.63. The van der Waals surface area contributed by atoms with Crippen molar-refractivity contribution in [3.8, 4) is 0 Å². The zero-order chi connectivity index (χ0) is 19.7. The van der Waals surface area contributed by atoms with E-state index in [-0.39, 0.29) is 17.9 Å². The molecule has 3 heterocycles. The Morgan fingerprint density at radius 2 is 2.18 bits per heavy atom. The lowest BCUT2D eigenvalue weighted by Gasteiger charge is -2.44. The number of thiophene rings is 1. The molecule has 4 rings (SSSR count). The van der Waals surface area contributed by atoms with E-state index in [1.165, 1.54) is 0 Å². The van der Waals surface area contributed by atoms with Crippen molar-refractivity contribution in [2.24, 2.45) is 0 Å². The Morgan fingerprint density at radius 1 is 1.39 bits per heavy atom. The van der Waals surface area contributed by atoms with E-state index < -0.39 is 5.54 Å². The molecular formula is C21H29N3O3S. The van der Waals surface area contributed by atoms with Gasteiger partial charge in [-0.15, -0.1) is 11.3 Å². The predicted octanol–water partition coefficient (Wildman–Crippen LogP) is 3.40. The summed E-state index contributed by atoms with van der Waals surface area (Å²) in [6, 6.07) is 4.24. The predicted molar refractivity (Wildman–Crippen MR) is 111 cm³/mol. The number of hydrogen-bond donors (Lipinski definition) is 1. The Kier molecular flexibility index (Phi) is 5.47. The number of nitrogens with zero attached hydrogens (tertiary/aromatic N) is 2. The third kappa shape index (κ3) is 3.35. The molecular weight excluding hydrogens is 374 g/mol. The van der Waals surface area contributed by atoms with E-state index in [4.69, 9.17) is 4.74 Å². The van der Waals surface area contributed by atoms with Gasteiger partial charge >= 0.3 is 0 Å². The first-order valence-corrected chi connectivity index (χ1v) is 11.2. The average Bonchev–Trinajstić information content (AvgIpc) is 3.39. The first-order valence-electron chi connectivity index (χ1n) is 10.3. The summed E-state index contributed by atoms with van der Waals surface area (Å²) in [5, 5.41) is 5.27. The van der Waals surface area contributed by atoms with Gasteiger partial charge in [0.1, 0.15) is 11.2 Å². The summed E-state index contributed by atoms with van der Waals surface area (Å²) in [6.07, 6.45) is 5.11. The van der Waals surface area contributed by atoms with E-state index in [0.29, 0.717) is 32.0 Å². The van der Waals surface area contributed by atoms with Crippen LogP contribution in [0.1, 0.15) is 56.4 Å². The van der Waals surface area contributed by atoms with Crippen LogP contribution in [0.2, 0.25) is 0 Å². The largest absolute Gasteiger partial charge is 0.382 e. The first kappa shape index (κ1) is 19.5. The molecule has 6 nitrogen and oxygen atoms in total. The number of aromatic nitrogens is 1. The van der Waals surface area contributed by atoms with Gasteiger partial charge in [0.25, 0.3) is 5.91 Å². The highest BCUT2D eigenvalue weighted by atomic mass is 32.1. The Balaban J connectivity index is 1.64. The molecule has 152 valence electrons. The van der Waals surface area contributed by atoms with Gasteiger partial charge in [-0.05, 0) is 50.6 Å². The van der Waals surface area contributed by atoms with Crippen molar-refractivity contribution in [1.29, 1.82) is 0 Å². The maximum Gasteiger partial charge on any atom is 0.271 e. The van der Waals surface area contributed by atoms with Crippen molar-refractivity contribution in [3.63, 3.8) is 0 Å². The summed E-state index contributed by atoms with van der Waals surface area (Å²) in [7, 11) is 0. The van der Waals surface area contributed by atoms with Crippen LogP contribution in [-0.4, -0.2) is 52.6 Å². The van der Waals surface area contributed by atoms with E-state index in [0.717, 1.165) is 42.3 Å². The zero-order valence-corrected chi connectivity index (χ0v) is 17.5. The van der Waals surface area contributed by atoms with Gasteiger partial charge in [0.2, 0.25) is 5.91 Å². The Morgan fingerprint density at radius 3 is 2.93 bits per heavy atom. The van der Waals surface area contributed by atoms with E-state index in [2.05, 4.69) is 5.32 Å². The van der Waals surface area contributed by atoms with Crippen LogP contribution in [0.3, 0.4) is 0 Å². The minimum absolute atomic E-state index is 0.0353. The van der Waals surface area contributed by atoms with Crippen LogP contribution in [0.15, 0.2) is 17.5 Å². The van der Waals surface area contributed by atoms with Crippen LogP contribution in [-0.2, 0) is 16.1 Å².